The number of benzene rings is 2. The van der Waals surface area contributed by atoms with E-state index in [1.54, 1.807) is 18.2 Å². The highest BCUT2D eigenvalue weighted by atomic mass is 19.1. The zero-order chi connectivity index (χ0) is 16.9. The molecule has 1 atom stereocenters. The molecule has 4 nitrogen and oxygen atoms in total. The molecule has 0 saturated heterocycles. The third-order valence-electron chi connectivity index (χ3n) is 3.71. The molecule has 0 spiro atoms. The van der Waals surface area contributed by atoms with Crippen LogP contribution in [0.5, 0.6) is 0 Å². The van der Waals surface area contributed by atoms with Crippen molar-refractivity contribution in [2.75, 3.05) is 0 Å². The van der Waals surface area contributed by atoms with E-state index in [0.717, 1.165) is 5.56 Å². The molecule has 2 aromatic carbocycles. The fourth-order valence-corrected chi connectivity index (χ4v) is 2.43. The van der Waals surface area contributed by atoms with Crippen LogP contribution in [0.1, 0.15) is 24.2 Å². The van der Waals surface area contributed by atoms with E-state index in [4.69, 9.17) is 4.52 Å². The summed E-state index contributed by atoms with van der Waals surface area (Å²) in [5.74, 6) is 0.0620. The van der Waals surface area contributed by atoms with Gasteiger partial charge in [0.15, 0.2) is 5.76 Å². The summed E-state index contributed by atoms with van der Waals surface area (Å²) < 4.78 is 18.2. The second kappa shape index (κ2) is 7.08. The van der Waals surface area contributed by atoms with Crippen molar-refractivity contribution >= 4 is 5.91 Å². The lowest BCUT2D eigenvalue weighted by atomic mass is 10.1. The number of nitrogens with one attached hydrogen (secondary N) is 1. The monoisotopic (exact) mass is 324 g/mol. The Bertz CT molecular complexity index is 813. The quantitative estimate of drug-likeness (QED) is 0.774. The molecule has 1 heterocycles. The van der Waals surface area contributed by atoms with Crippen LogP contribution in [0.4, 0.5) is 4.39 Å². The molecular formula is C19H17FN2O2. The van der Waals surface area contributed by atoms with Crippen molar-refractivity contribution in [1.29, 1.82) is 0 Å². The van der Waals surface area contributed by atoms with Crippen molar-refractivity contribution in [3.05, 3.63) is 77.7 Å². The predicted molar refractivity (Wildman–Crippen MR) is 88.6 cm³/mol. The van der Waals surface area contributed by atoms with Crippen molar-refractivity contribution in [2.45, 2.75) is 19.4 Å². The SMILES string of the molecule is C[C@H](NC(=O)Cc1cc(-c2ccc(F)cc2)on1)c1ccccc1. The number of amides is 1. The molecule has 0 aliphatic rings. The van der Waals surface area contributed by atoms with E-state index in [1.807, 2.05) is 37.3 Å². The fraction of sp³-hybridized carbons (Fsp3) is 0.158. The highest BCUT2D eigenvalue weighted by Crippen LogP contribution is 2.21. The van der Waals surface area contributed by atoms with Crippen molar-refractivity contribution in [2.24, 2.45) is 0 Å². The molecule has 5 heteroatoms. The average Bonchev–Trinajstić information content (AvgIpc) is 3.04. The highest BCUT2D eigenvalue weighted by Gasteiger charge is 2.13. The van der Waals surface area contributed by atoms with Gasteiger partial charge in [0.2, 0.25) is 5.91 Å². The minimum Gasteiger partial charge on any atom is -0.356 e. The zero-order valence-corrected chi connectivity index (χ0v) is 13.2. The van der Waals surface area contributed by atoms with Crippen LogP contribution >= 0.6 is 0 Å². The molecule has 0 radical (unpaired) electrons. The molecule has 3 aromatic rings. The molecule has 24 heavy (non-hydrogen) atoms. The van der Waals surface area contributed by atoms with Gasteiger partial charge in [-0.05, 0) is 36.8 Å². The summed E-state index contributed by atoms with van der Waals surface area (Å²) in [7, 11) is 0. The van der Waals surface area contributed by atoms with E-state index in [9.17, 15) is 9.18 Å². The fourth-order valence-electron chi connectivity index (χ4n) is 2.43. The van der Waals surface area contributed by atoms with Gasteiger partial charge in [-0.15, -0.1) is 0 Å². The Morgan fingerprint density at radius 2 is 1.88 bits per heavy atom. The Morgan fingerprint density at radius 3 is 2.58 bits per heavy atom. The third kappa shape index (κ3) is 3.87. The minimum absolute atomic E-state index is 0.0813. The van der Waals surface area contributed by atoms with Gasteiger partial charge in [0.25, 0.3) is 0 Å². The van der Waals surface area contributed by atoms with Gasteiger partial charge >= 0.3 is 0 Å². The lowest BCUT2D eigenvalue weighted by molar-refractivity contribution is -0.121. The van der Waals surface area contributed by atoms with E-state index in [0.29, 0.717) is 17.0 Å². The number of nitrogens with zero attached hydrogens (tertiary/aromatic N) is 1. The second-order valence-electron chi connectivity index (χ2n) is 5.57. The maximum Gasteiger partial charge on any atom is 0.226 e. The van der Waals surface area contributed by atoms with E-state index in [-0.39, 0.29) is 24.2 Å². The number of hydrogen-bond donors (Lipinski definition) is 1. The van der Waals surface area contributed by atoms with Crippen LogP contribution in [0.25, 0.3) is 11.3 Å². The van der Waals surface area contributed by atoms with Crippen molar-refractivity contribution in [3.63, 3.8) is 0 Å². The molecule has 1 N–H and O–H groups in total. The van der Waals surface area contributed by atoms with Crippen molar-refractivity contribution in [1.82, 2.24) is 10.5 Å². The van der Waals surface area contributed by atoms with Gasteiger partial charge in [-0.1, -0.05) is 35.5 Å². The highest BCUT2D eigenvalue weighted by molar-refractivity contribution is 5.78. The first-order chi connectivity index (χ1) is 11.6. The van der Waals surface area contributed by atoms with Gasteiger partial charge in [-0.3, -0.25) is 4.79 Å². The lowest BCUT2D eigenvalue weighted by Crippen LogP contribution is -2.28. The largest absolute Gasteiger partial charge is 0.356 e. The second-order valence-corrected chi connectivity index (χ2v) is 5.57. The smallest absolute Gasteiger partial charge is 0.226 e. The molecule has 3 rings (SSSR count). The summed E-state index contributed by atoms with van der Waals surface area (Å²) in [6.07, 6.45) is 0.127. The first-order valence-electron chi connectivity index (χ1n) is 7.67. The number of carbonyl (C=O) groups is 1. The van der Waals surface area contributed by atoms with Crippen LogP contribution in [-0.4, -0.2) is 11.1 Å². The maximum absolute atomic E-state index is 12.9. The lowest BCUT2D eigenvalue weighted by Gasteiger charge is -2.13. The van der Waals surface area contributed by atoms with E-state index in [1.165, 1.54) is 12.1 Å². The number of rotatable bonds is 5. The molecular weight excluding hydrogens is 307 g/mol. The summed E-state index contributed by atoms with van der Waals surface area (Å²) in [5.41, 5.74) is 2.29. The van der Waals surface area contributed by atoms with Gasteiger partial charge in [0.05, 0.1) is 18.2 Å². The van der Waals surface area contributed by atoms with Gasteiger partial charge < -0.3 is 9.84 Å². The van der Waals surface area contributed by atoms with Crippen LogP contribution in [0.15, 0.2) is 65.2 Å². The van der Waals surface area contributed by atoms with E-state index < -0.39 is 0 Å². The summed E-state index contributed by atoms with van der Waals surface area (Å²) in [6, 6.07) is 17.3. The Hall–Kier alpha value is -2.95. The van der Waals surface area contributed by atoms with Crippen LogP contribution in [0, 0.1) is 5.82 Å². The predicted octanol–water partition coefficient (Wildman–Crippen LogP) is 3.90. The van der Waals surface area contributed by atoms with Gasteiger partial charge in [0, 0.05) is 11.6 Å². The summed E-state index contributed by atoms with van der Waals surface area (Å²) >= 11 is 0. The number of hydrogen-bond acceptors (Lipinski definition) is 3. The van der Waals surface area contributed by atoms with Crippen LogP contribution in [0.2, 0.25) is 0 Å². The van der Waals surface area contributed by atoms with Crippen LogP contribution < -0.4 is 5.32 Å². The topological polar surface area (TPSA) is 55.1 Å². The summed E-state index contributed by atoms with van der Waals surface area (Å²) in [5, 5.41) is 6.84. The molecule has 0 unspecified atom stereocenters. The molecule has 1 aromatic heterocycles. The van der Waals surface area contributed by atoms with E-state index >= 15 is 0 Å². The molecule has 1 amide bonds. The zero-order valence-electron chi connectivity index (χ0n) is 13.2. The molecule has 0 fully saturated rings. The third-order valence-corrected chi connectivity index (χ3v) is 3.71. The minimum atomic E-state index is -0.312. The Morgan fingerprint density at radius 1 is 1.17 bits per heavy atom. The molecule has 122 valence electrons. The molecule has 0 saturated carbocycles. The van der Waals surface area contributed by atoms with Gasteiger partial charge in [0.1, 0.15) is 5.82 Å². The first kappa shape index (κ1) is 15.9. The van der Waals surface area contributed by atoms with Crippen LogP contribution in [-0.2, 0) is 11.2 Å². The Balaban J connectivity index is 1.62. The van der Waals surface area contributed by atoms with Gasteiger partial charge in [-0.2, -0.15) is 0 Å². The van der Waals surface area contributed by atoms with Crippen molar-refractivity contribution < 1.29 is 13.7 Å². The summed E-state index contributed by atoms with van der Waals surface area (Å²) in [6.45, 7) is 1.93. The molecule has 0 bridgehead atoms. The van der Waals surface area contributed by atoms with Crippen LogP contribution in [0.3, 0.4) is 0 Å². The summed E-state index contributed by atoms with van der Waals surface area (Å²) in [4.78, 5) is 12.1. The maximum atomic E-state index is 12.9. The average molecular weight is 324 g/mol. The normalized spacial score (nSPS) is 11.9. The number of carbonyl (C=O) groups excluding carboxylic acids is 1. The number of halogens is 1. The van der Waals surface area contributed by atoms with Crippen molar-refractivity contribution in [3.8, 4) is 11.3 Å². The number of aromatic nitrogens is 1. The first-order valence-corrected chi connectivity index (χ1v) is 7.67. The Labute approximate surface area is 139 Å². The molecule has 0 aliphatic heterocycles. The Kier molecular flexibility index (Phi) is 4.70. The van der Waals surface area contributed by atoms with Gasteiger partial charge in [-0.25, -0.2) is 4.39 Å². The molecule has 0 aliphatic carbocycles. The standard InChI is InChI=1S/C19H17FN2O2/c1-13(14-5-3-2-4-6-14)21-19(23)12-17-11-18(24-22-17)15-7-9-16(20)10-8-15/h2-11,13H,12H2,1H3,(H,21,23)/t13-/m0/s1. The van der Waals surface area contributed by atoms with E-state index in [2.05, 4.69) is 10.5 Å².